The van der Waals surface area contributed by atoms with Crippen LogP contribution in [0.2, 0.25) is 0 Å². The van der Waals surface area contributed by atoms with E-state index in [0.717, 1.165) is 69.8 Å². The van der Waals surface area contributed by atoms with Crippen LogP contribution in [0.1, 0.15) is 75.5 Å². The third kappa shape index (κ3) is 7.07. The van der Waals surface area contributed by atoms with Crippen molar-refractivity contribution in [2.24, 2.45) is 0 Å². The predicted molar refractivity (Wildman–Crippen MR) is 171 cm³/mol. The summed E-state index contributed by atoms with van der Waals surface area (Å²) < 4.78 is 63.4. The molecule has 1 aliphatic carbocycles. The first-order valence-corrected chi connectivity index (χ1v) is 16.3. The van der Waals surface area contributed by atoms with Gasteiger partial charge in [-0.15, -0.1) is 0 Å². The molecule has 4 heterocycles. The largest absolute Gasteiger partial charge is 0.426 e. The summed E-state index contributed by atoms with van der Waals surface area (Å²) in [6.07, 6.45) is 4.24. The molecule has 0 unspecified atom stereocenters. The fraction of sp³-hybridized carbons (Fsp3) is 0.559. The van der Waals surface area contributed by atoms with E-state index >= 15 is 8.78 Å². The summed E-state index contributed by atoms with van der Waals surface area (Å²) >= 11 is 0. The number of fused-ring (bicyclic) bond motifs is 1. The van der Waals surface area contributed by atoms with E-state index in [0.29, 0.717) is 17.7 Å². The van der Waals surface area contributed by atoms with Gasteiger partial charge in [-0.2, -0.15) is 8.78 Å². The molecule has 0 bridgehead atoms. The van der Waals surface area contributed by atoms with E-state index in [9.17, 15) is 8.78 Å². The van der Waals surface area contributed by atoms with E-state index in [2.05, 4.69) is 50.0 Å². The van der Waals surface area contributed by atoms with E-state index in [1.165, 1.54) is 29.4 Å². The first-order chi connectivity index (χ1) is 22.0. The molecule has 3 aromatic rings. The maximum absolute atomic E-state index is 15.2. The highest BCUT2D eigenvalue weighted by Crippen LogP contribution is 2.44. The van der Waals surface area contributed by atoms with Crippen molar-refractivity contribution in [3.05, 3.63) is 53.4 Å². The molecule has 46 heavy (non-hydrogen) atoms. The molecule has 0 amide bonds. The summed E-state index contributed by atoms with van der Waals surface area (Å²) in [4.78, 5) is 19.7. The average Bonchev–Trinajstić information content (AvgIpc) is 3.56. The molecule has 0 radical (unpaired) electrons. The lowest BCUT2D eigenvalue weighted by Gasteiger charge is -2.38. The van der Waals surface area contributed by atoms with Crippen molar-refractivity contribution >= 4 is 17.5 Å². The van der Waals surface area contributed by atoms with Crippen LogP contribution in [0.4, 0.5) is 35.0 Å². The number of anilines is 3. The zero-order chi connectivity index (χ0) is 32.6. The minimum absolute atomic E-state index is 0.0885. The van der Waals surface area contributed by atoms with Crippen molar-refractivity contribution < 1.29 is 22.3 Å². The van der Waals surface area contributed by atoms with Gasteiger partial charge in [0.2, 0.25) is 5.95 Å². The number of halogens is 4. The number of ether oxygens (including phenoxy) is 1. The van der Waals surface area contributed by atoms with Crippen LogP contribution in [-0.2, 0) is 0 Å². The Bertz CT molecular complexity index is 1540. The van der Waals surface area contributed by atoms with Gasteiger partial charge in [-0.05, 0) is 96.4 Å². The summed E-state index contributed by atoms with van der Waals surface area (Å²) in [5.74, 6) is -0.846. The number of pyridine rings is 1. The predicted octanol–water partition coefficient (Wildman–Crippen LogP) is 7.16. The smallest absolute Gasteiger partial charge is 0.416 e. The fourth-order valence-corrected chi connectivity index (χ4v) is 6.94. The monoisotopic (exact) mass is 641 g/mol. The molecule has 2 aromatic heterocycles. The molecule has 8 nitrogen and oxygen atoms in total. The van der Waals surface area contributed by atoms with Crippen molar-refractivity contribution in [3.8, 4) is 17.0 Å². The lowest BCUT2D eigenvalue weighted by molar-refractivity contribution is -0.174. The number of hydrogen-bond acceptors (Lipinski definition) is 8. The minimum Gasteiger partial charge on any atom is -0.426 e. The molecule has 1 aromatic carbocycles. The van der Waals surface area contributed by atoms with Crippen LogP contribution in [-0.4, -0.2) is 83.7 Å². The number of alkyl halides is 2. The topological polar surface area (TPSA) is 69.7 Å². The fourth-order valence-electron chi connectivity index (χ4n) is 6.94. The molecule has 6 rings (SSSR count). The highest BCUT2D eigenvalue weighted by atomic mass is 19.3. The van der Waals surface area contributed by atoms with Gasteiger partial charge in [0.25, 0.3) is 0 Å². The Labute approximate surface area is 268 Å². The Morgan fingerprint density at radius 1 is 1.00 bits per heavy atom. The van der Waals surface area contributed by atoms with Crippen molar-refractivity contribution in [3.63, 3.8) is 0 Å². The number of piperidine rings is 1. The van der Waals surface area contributed by atoms with Crippen molar-refractivity contribution in [2.75, 3.05) is 57.0 Å². The first kappa shape index (κ1) is 32.4. The minimum atomic E-state index is -3.56. The van der Waals surface area contributed by atoms with Gasteiger partial charge in [0.1, 0.15) is 18.1 Å². The molecule has 3 aliphatic rings. The zero-order valence-electron chi connectivity index (χ0n) is 27.0. The maximum atomic E-state index is 15.2. The third-order valence-electron chi connectivity index (χ3n) is 9.41. The quantitative estimate of drug-likeness (QED) is 0.247. The molecular weight excluding hydrogens is 598 g/mol. The normalized spacial score (nSPS) is 19.1. The lowest BCUT2D eigenvalue weighted by atomic mass is 9.85. The standard InChI is InChI=1S/C34H43F4N7O/c1-21(2)45-20-34(37,38)46-32-26(35)17-24(18-28(32)45)31-27(36)19-39-33(42-31)41-29-10-9-25(30(40-29)23-7-5-6-8-23)22-11-13-44(14-12-22)16-15-43(3)4/h9-10,17-19,21-23H,5-8,11-16,20H2,1-4H3,(H,39,40,41,42). The van der Waals surface area contributed by atoms with Crippen molar-refractivity contribution in [2.45, 2.75) is 76.4 Å². The highest BCUT2D eigenvalue weighted by Gasteiger charge is 2.43. The van der Waals surface area contributed by atoms with Gasteiger partial charge in [-0.3, -0.25) is 0 Å². The molecule has 248 valence electrons. The summed E-state index contributed by atoms with van der Waals surface area (Å²) in [7, 11) is 4.21. The summed E-state index contributed by atoms with van der Waals surface area (Å²) in [5.41, 5.74) is 2.49. The molecular formula is C34H43F4N7O. The first-order valence-electron chi connectivity index (χ1n) is 16.3. The Morgan fingerprint density at radius 3 is 2.43 bits per heavy atom. The molecule has 1 saturated carbocycles. The van der Waals surface area contributed by atoms with Gasteiger partial charge in [-0.25, -0.2) is 23.7 Å². The Hall–Kier alpha value is -3.51. The molecule has 0 atom stereocenters. The van der Waals surface area contributed by atoms with E-state index in [4.69, 9.17) is 4.98 Å². The van der Waals surface area contributed by atoms with Gasteiger partial charge in [0.15, 0.2) is 17.4 Å². The second-order valence-electron chi connectivity index (χ2n) is 13.4. The molecule has 12 heteroatoms. The van der Waals surface area contributed by atoms with E-state index in [1.807, 2.05) is 6.07 Å². The summed E-state index contributed by atoms with van der Waals surface area (Å²) in [6, 6.07) is 6.11. The number of nitrogens with one attached hydrogen (secondary N) is 1. The van der Waals surface area contributed by atoms with Crippen LogP contribution in [0.5, 0.6) is 5.75 Å². The average molecular weight is 642 g/mol. The molecule has 2 aliphatic heterocycles. The molecule has 1 saturated heterocycles. The summed E-state index contributed by atoms with van der Waals surface area (Å²) in [6.45, 7) is 6.96. The number of hydrogen-bond donors (Lipinski definition) is 1. The van der Waals surface area contributed by atoms with E-state index in [1.54, 1.807) is 13.8 Å². The molecule has 2 fully saturated rings. The Balaban J connectivity index is 1.26. The Morgan fingerprint density at radius 2 is 1.74 bits per heavy atom. The number of aromatic nitrogens is 3. The number of nitrogens with zero attached hydrogens (tertiary/aromatic N) is 6. The van der Waals surface area contributed by atoms with Crippen molar-refractivity contribution in [1.29, 1.82) is 0 Å². The van der Waals surface area contributed by atoms with Gasteiger partial charge in [0.05, 0.1) is 11.9 Å². The third-order valence-corrected chi connectivity index (χ3v) is 9.41. The lowest BCUT2D eigenvalue weighted by Crippen LogP contribution is -2.48. The molecule has 1 N–H and O–H groups in total. The van der Waals surface area contributed by atoms with Crippen molar-refractivity contribution in [1.82, 2.24) is 24.8 Å². The van der Waals surface area contributed by atoms with Gasteiger partial charge in [0, 0.05) is 36.3 Å². The molecule has 0 spiro atoms. The number of rotatable bonds is 9. The zero-order valence-corrected chi connectivity index (χ0v) is 27.0. The number of benzene rings is 1. The van der Waals surface area contributed by atoms with Crippen LogP contribution < -0.4 is 15.0 Å². The van der Waals surface area contributed by atoms with Crippen LogP contribution in [0.25, 0.3) is 11.3 Å². The second kappa shape index (κ2) is 13.3. The highest BCUT2D eigenvalue weighted by molar-refractivity contribution is 5.73. The van der Waals surface area contributed by atoms with E-state index < -0.39 is 30.0 Å². The van der Waals surface area contributed by atoms with Crippen LogP contribution >= 0.6 is 0 Å². The van der Waals surface area contributed by atoms with Crippen LogP contribution in [0.3, 0.4) is 0 Å². The summed E-state index contributed by atoms with van der Waals surface area (Å²) in [5, 5.41) is 3.14. The van der Waals surface area contributed by atoms with E-state index in [-0.39, 0.29) is 28.9 Å². The second-order valence-corrected chi connectivity index (χ2v) is 13.4. The van der Waals surface area contributed by atoms with Gasteiger partial charge >= 0.3 is 6.11 Å². The maximum Gasteiger partial charge on any atom is 0.416 e. The van der Waals surface area contributed by atoms with Gasteiger partial charge in [-0.1, -0.05) is 18.9 Å². The SMILES string of the molecule is CC(C)N1CC(F)(F)Oc2c(F)cc(-c3nc(Nc4ccc(C5CCN(CCN(C)C)CC5)c(C5CCCC5)n4)ncc3F)cc21. The van der Waals surface area contributed by atoms with Crippen LogP contribution in [0.15, 0.2) is 30.5 Å². The number of likely N-dealkylation sites (tertiary alicyclic amines) is 1. The number of likely N-dealkylation sites (N-methyl/N-ethyl adjacent to an activating group) is 1. The van der Waals surface area contributed by atoms with Gasteiger partial charge < -0.3 is 24.8 Å². The van der Waals surface area contributed by atoms with Crippen LogP contribution in [0, 0.1) is 11.6 Å². The Kier molecular flexibility index (Phi) is 9.38.